The minimum atomic E-state index is 0.701. The third-order valence-electron chi connectivity index (χ3n) is 9.83. The molecule has 0 saturated carbocycles. The highest BCUT2D eigenvalue weighted by molar-refractivity contribution is 7.23. The number of fused-ring (bicyclic) bond motifs is 3. The maximum Gasteiger partial charge on any atom is 0.160 e. The van der Waals surface area contributed by atoms with Gasteiger partial charge in [-0.25, -0.2) is 15.0 Å². The lowest BCUT2D eigenvalue weighted by atomic mass is 9.96. The van der Waals surface area contributed by atoms with Crippen LogP contribution in [0.25, 0.3) is 99.1 Å². The molecule has 0 fully saturated rings. The van der Waals surface area contributed by atoms with Crippen LogP contribution in [-0.2, 0) is 0 Å². The molecule has 0 aliphatic carbocycles. The number of hydrogen-bond donors (Lipinski definition) is 0. The third kappa shape index (κ3) is 6.14. The van der Waals surface area contributed by atoms with Crippen LogP contribution in [0.4, 0.5) is 0 Å². The van der Waals surface area contributed by atoms with E-state index in [9.17, 15) is 0 Å². The highest BCUT2D eigenvalue weighted by Gasteiger charge is 2.23. The van der Waals surface area contributed by atoms with Crippen molar-refractivity contribution >= 4 is 32.3 Å². The number of rotatable bonds is 7. The van der Waals surface area contributed by atoms with Crippen LogP contribution in [0.5, 0.6) is 0 Å². The highest BCUT2D eigenvalue weighted by Crippen LogP contribution is 2.49. The van der Waals surface area contributed by atoms with Gasteiger partial charge in [0.25, 0.3) is 0 Å². The second kappa shape index (κ2) is 14.0. The molecule has 5 heterocycles. The van der Waals surface area contributed by atoms with Gasteiger partial charge in [0.15, 0.2) is 5.82 Å². The Bertz CT molecular complexity index is 2880. The third-order valence-corrected chi connectivity index (χ3v) is 11.0. The summed E-state index contributed by atoms with van der Waals surface area (Å²) in [5, 5.41) is 2.22. The maximum atomic E-state index is 5.40. The lowest BCUT2D eigenvalue weighted by molar-refractivity contribution is 1.18. The molecular formula is C49H31N5S. The first kappa shape index (κ1) is 32.5. The lowest BCUT2D eigenvalue weighted by Gasteiger charge is -2.12. The molecule has 0 atom stereocenters. The second-order valence-electron chi connectivity index (χ2n) is 13.3. The average Bonchev–Trinajstić information content (AvgIpc) is 3.68. The molecule has 0 aliphatic heterocycles. The van der Waals surface area contributed by atoms with E-state index in [-0.39, 0.29) is 0 Å². The Kier molecular flexibility index (Phi) is 8.28. The number of pyridine rings is 3. The van der Waals surface area contributed by atoms with Gasteiger partial charge in [-0.1, -0.05) is 140 Å². The predicted molar refractivity (Wildman–Crippen MR) is 226 cm³/mol. The van der Waals surface area contributed by atoms with Gasteiger partial charge in [0, 0.05) is 51.0 Å². The fourth-order valence-corrected chi connectivity index (χ4v) is 8.48. The quantitative estimate of drug-likeness (QED) is 0.164. The van der Waals surface area contributed by atoms with Crippen LogP contribution < -0.4 is 0 Å². The summed E-state index contributed by atoms with van der Waals surface area (Å²) in [6.07, 6.45) is 3.71. The minimum absolute atomic E-state index is 0.701. The summed E-state index contributed by atoms with van der Waals surface area (Å²) in [4.78, 5) is 26.1. The Labute approximate surface area is 322 Å². The van der Waals surface area contributed by atoms with E-state index in [1.54, 1.807) is 11.3 Å². The normalized spacial score (nSPS) is 11.3. The summed E-state index contributed by atoms with van der Waals surface area (Å²) in [7, 11) is 0. The summed E-state index contributed by atoms with van der Waals surface area (Å²) in [6, 6.07) is 60.4. The van der Waals surface area contributed by atoms with Crippen molar-refractivity contribution in [2.75, 3.05) is 0 Å². The molecule has 6 heteroatoms. The zero-order chi connectivity index (χ0) is 36.6. The fraction of sp³-hybridized carbons (Fsp3) is 0. The predicted octanol–water partition coefficient (Wildman–Crippen LogP) is 12.7. The molecule has 0 radical (unpaired) electrons. The van der Waals surface area contributed by atoms with Gasteiger partial charge in [0.05, 0.1) is 43.6 Å². The van der Waals surface area contributed by atoms with E-state index in [1.165, 1.54) is 0 Å². The summed E-state index contributed by atoms with van der Waals surface area (Å²) in [6.45, 7) is 0. The summed E-state index contributed by atoms with van der Waals surface area (Å²) < 4.78 is 1.12. The van der Waals surface area contributed by atoms with Crippen LogP contribution in [0, 0.1) is 0 Å². The van der Waals surface area contributed by atoms with Crippen LogP contribution in [0.15, 0.2) is 188 Å². The average molecular weight is 722 g/mol. The van der Waals surface area contributed by atoms with Crippen molar-refractivity contribution in [3.05, 3.63) is 188 Å². The van der Waals surface area contributed by atoms with Gasteiger partial charge in [-0.3, -0.25) is 9.97 Å². The summed E-state index contributed by atoms with van der Waals surface area (Å²) in [5.74, 6) is 0.701. The van der Waals surface area contributed by atoms with Crippen molar-refractivity contribution < 1.29 is 0 Å². The zero-order valence-electron chi connectivity index (χ0n) is 29.5. The Morgan fingerprint density at radius 3 is 1.56 bits per heavy atom. The standard InChI is InChI=1S/C49H31N5S/c1-4-14-33(15-5-1)41-31-42(54-49(53-41)36-18-8-3-9-19-36)34-24-22-32(23-25-34)37-26-27-38-43(30-37)52-46(35-16-6-2-7-17-35)48-44(38)45(39-20-10-12-28-50-39)47(55-48)40-21-11-13-29-51-40/h1-31H. The van der Waals surface area contributed by atoms with Crippen molar-refractivity contribution in [3.63, 3.8) is 0 Å². The molecule has 0 amide bonds. The monoisotopic (exact) mass is 721 g/mol. The van der Waals surface area contributed by atoms with Gasteiger partial charge < -0.3 is 0 Å². The Hall–Kier alpha value is -7.15. The Balaban J connectivity index is 1.12. The van der Waals surface area contributed by atoms with Crippen LogP contribution in [-0.4, -0.2) is 24.9 Å². The van der Waals surface area contributed by atoms with Crippen LogP contribution >= 0.6 is 11.3 Å². The molecule has 10 aromatic rings. The molecule has 0 saturated heterocycles. The van der Waals surface area contributed by atoms with Gasteiger partial charge in [0.1, 0.15) is 0 Å². The Morgan fingerprint density at radius 2 is 0.927 bits per heavy atom. The summed E-state index contributed by atoms with van der Waals surface area (Å²) in [5.41, 5.74) is 12.9. The largest absolute Gasteiger partial charge is 0.256 e. The first-order valence-corrected chi connectivity index (χ1v) is 19.0. The van der Waals surface area contributed by atoms with Gasteiger partial charge in [-0.05, 0) is 47.5 Å². The second-order valence-corrected chi connectivity index (χ2v) is 14.3. The Morgan fingerprint density at radius 1 is 0.382 bits per heavy atom. The topological polar surface area (TPSA) is 64.5 Å². The number of aromatic nitrogens is 5. The van der Waals surface area contributed by atoms with E-state index >= 15 is 0 Å². The van der Waals surface area contributed by atoms with Crippen molar-refractivity contribution in [2.45, 2.75) is 0 Å². The molecule has 0 unspecified atom stereocenters. The molecular weight excluding hydrogens is 691 g/mol. The first-order chi connectivity index (χ1) is 27.3. The van der Waals surface area contributed by atoms with E-state index in [4.69, 9.17) is 24.9 Å². The number of nitrogens with zero attached hydrogens (tertiary/aromatic N) is 5. The van der Waals surface area contributed by atoms with Gasteiger partial charge in [-0.15, -0.1) is 11.3 Å². The minimum Gasteiger partial charge on any atom is -0.256 e. The van der Waals surface area contributed by atoms with Crippen molar-refractivity contribution in [3.8, 4) is 78.1 Å². The van der Waals surface area contributed by atoms with E-state index in [0.717, 1.165) is 93.3 Å². The van der Waals surface area contributed by atoms with Crippen LogP contribution in [0.3, 0.4) is 0 Å². The maximum absolute atomic E-state index is 5.40. The van der Waals surface area contributed by atoms with Crippen LogP contribution in [0.2, 0.25) is 0 Å². The molecule has 55 heavy (non-hydrogen) atoms. The first-order valence-electron chi connectivity index (χ1n) is 18.2. The van der Waals surface area contributed by atoms with E-state index in [0.29, 0.717) is 5.82 Å². The van der Waals surface area contributed by atoms with Crippen molar-refractivity contribution in [1.82, 2.24) is 24.9 Å². The van der Waals surface area contributed by atoms with Gasteiger partial charge >= 0.3 is 0 Å². The molecule has 0 bridgehead atoms. The molecule has 5 nitrogen and oxygen atoms in total. The number of thiophene rings is 1. The van der Waals surface area contributed by atoms with Crippen molar-refractivity contribution in [1.29, 1.82) is 0 Å². The molecule has 0 aliphatic rings. The molecule has 0 spiro atoms. The van der Waals surface area contributed by atoms with E-state index in [2.05, 4.69) is 109 Å². The fourth-order valence-electron chi connectivity index (χ4n) is 7.17. The smallest absolute Gasteiger partial charge is 0.160 e. The molecule has 0 N–H and O–H groups in total. The van der Waals surface area contributed by atoms with Crippen molar-refractivity contribution in [2.24, 2.45) is 0 Å². The van der Waals surface area contributed by atoms with Gasteiger partial charge in [0.2, 0.25) is 0 Å². The highest BCUT2D eigenvalue weighted by atomic mass is 32.1. The number of hydrogen-bond acceptors (Lipinski definition) is 6. The number of benzene rings is 5. The lowest BCUT2D eigenvalue weighted by Crippen LogP contribution is -1.95. The molecule has 5 aromatic heterocycles. The van der Waals surface area contributed by atoms with E-state index < -0.39 is 0 Å². The van der Waals surface area contributed by atoms with Crippen LogP contribution in [0.1, 0.15) is 0 Å². The zero-order valence-corrected chi connectivity index (χ0v) is 30.4. The molecule has 5 aromatic carbocycles. The molecule has 258 valence electrons. The molecule has 10 rings (SSSR count). The summed E-state index contributed by atoms with van der Waals surface area (Å²) >= 11 is 1.73. The van der Waals surface area contributed by atoms with Gasteiger partial charge in [-0.2, -0.15) is 0 Å². The van der Waals surface area contributed by atoms with E-state index in [1.807, 2.05) is 79.1 Å². The SMILES string of the molecule is c1ccc(-c2cc(-c3ccc(-c4ccc5c(c4)nc(-c4ccccc4)c4sc(-c6ccccn6)c(-c6ccccn6)c45)cc3)nc(-c3ccccc3)n2)cc1.